The number of H-pyrrole nitrogens is 1. The van der Waals surface area contributed by atoms with Gasteiger partial charge in [-0.05, 0) is 54.8 Å². The van der Waals surface area contributed by atoms with Gasteiger partial charge in [0.2, 0.25) is 0 Å². The summed E-state index contributed by atoms with van der Waals surface area (Å²) in [4.78, 5) is 23.2. The zero-order valence-electron chi connectivity index (χ0n) is 23.7. The van der Waals surface area contributed by atoms with Gasteiger partial charge in [-0.2, -0.15) is 0 Å². The van der Waals surface area contributed by atoms with Gasteiger partial charge in [0, 0.05) is 19.0 Å². The number of aliphatic hydroxyl groups is 2. The van der Waals surface area contributed by atoms with Crippen LogP contribution in [0.4, 0.5) is 5.82 Å². The molecular formula is C29H40N8O3. The highest BCUT2D eigenvalue weighted by molar-refractivity contribution is 5.81. The van der Waals surface area contributed by atoms with Gasteiger partial charge in [0.15, 0.2) is 17.7 Å². The number of nitrogens with one attached hydrogen (secondary N) is 1. The molecule has 1 saturated heterocycles. The van der Waals surface area contributed by atoms with Crippen LogP contribution >= 0.6 is 0 Å². The number of hydrogen-bond acceptors (Lipinski definition) is 9. The van der Waals surface area contributed by atoms with E-state index in [0.29, 0.717) is 29.7 Å². The van der Waals surface area contributed by atoms with Crippen LogP contribution in [-0.4, -0.2) is 82.0 Å². The number of aliphatic hydroxyl groups excluding tert-OH is 2. The van der Waals surface area contributed by atoms with Crippen LogP contribution in [0.3, 0.4) is 0 Å². The second-order valence-corrected chi connectivity index (χ2v) is 12.4. The van der Waals surface area contributed by atoms with Crippen molar-refractivity contribution in [2.75, 3.05) is 18.8 Å². The van der Waals surface area contributed by atoms with E-state index >= 15 is 0 Å². The number of ether oxygens (including phenoxy) is 1. The minimum Gasteiger partial charge on any atom is -0.387 e. The summed E-state index contributed by atoms with van der Waals surface area (Å²) in [6, 6.07) is 6.97. The van der Waals surface area contributed by atoms with Crippen LogP contribution in [0.2, 0.25) is 0 Å². The van der Waals surface area contributed by atoms with E-state index in [1.807, 2.05) is 0 Å². The van der Waals surface area contributed by atoms with Crippen molar-refractivity contribution in [2.24, 2.45) is 5.92 Å². The number of aromatic amines is 1. The lowest BCUT2D eigenvalue weighted by Crippen LogP contribution is -2.49. The summed E-state index contributed by atoms with van der Waals surface area (Å²) >= 11 is 0. The molecule has 3 aromatic heterocycles. The Hall–Kier alpha value is -3.12. The minimum atomic E-state index is -1.10. The zero-order valence-corrected chi connectivity index (χ0v) is 23.7. The maximum atomic E-state index is 10.9. The number of likely N-dealkylation sites (N-methyl/N-ethyl adjacent to an activating group) is 1. The molecule has 0 amide bonds. The molecule has 1 aliphatic heterocycles. The van der Waals surface area contributed by atoms with Gasteiger partial charge < -0.3 is 25.7 Å². The van der Waals surface area contributed by atoms with Crippen molar-refractivity contribution in [1.29, 1.82) is 0 Å². The van der Waals surface area contributed by atoms with E-state index in [9.17, 15) is 10.2 Å². The van der Waals surface area contributed by atoms with Crippen molar-refractivity contribution < 1.29 is 14.9 Å². The third-order valence-electron chi connectivity index (χ3n) is 8.73. The van der Waals surface area contributed by atoms with Crippen molar-refractivity contribution in [1.82, 2.24) is 34.4 Å². The van der Waals surface area contributed by atoms with Crippen LogP contribution in [0, 0.1) is 5.92 Å². The molecule has 1 aliphatic carbocycles. The van der Waals surface area contributed by atoms with E-state index in [0.717, 1.165) is 49.1 Å². The van der Waals surface area contributed by atoms with Crippen LogP contribution < -0.4 is 5.73 Å². The Bertz CT molecular complexity index is 1490. The maximum absolute atomic E-state index is 10.9. The first-order chi connectivity index (χ1) is 19.1. The molecule has 40 heavy (non-hydrogen) atoms. The average molecular weight is 549 g/mol. The van der Waals surface area contributed by atoms with Crippen molar-refractivity contribution in [3.8, 4) is 0 Å². The number of benzene rings is 1. The van der Waals surface area contributed by atoms with E-state index < -0.39 is 24.5 Å². The predicted molar refractivity (Wildman–Crippen MR) is 153 cm³/mol. The first-order valence-electron chi connectivity index (χ1n) is 14.3. The summed E-state index contributed by atoms with van der Waals surface area (Å²) in [5, 5.41) is 21.7. The number of aryl methyl sites for hydroxylation is 1. The molecule has 0 spiro atoms. The molecule has 6 rings (SSSR count). The van der Waals surface area contributed by atoms with E-state index in [2.05, 4.69) is 70.7 Å². The smallest absolute Gasteiger partial charge is 0.167 e. The lowest BCUT2D eigenvalue weighted by atomic mass is 9.76. The van der Waals surface area contributed by atoms with Gasteiger partial charge in [-0.25, -0.2) is 19.9 Å². The second-order valence-electron chi connectivity index (χ2n) is 12.4. The molecule has 214 valence electrons. The molecule has 4 atom stereocenters. The van der Waals surface area contributed by atoms with Crippen molar-refractivity contribution in [2.45, 2.75) is 89.4 Å². The SMILES string of the molecule is CCN(C[C@H]1O[C@@H](n2cnc3c(N)ncnc32)[C@@H](O)[C@H]1O)[C@H]1C[C@H](CCc2nc3cc(C(C)(C)C)ccc3[nH]2)C1. The first-order valence-corrected chi connectivity index (χ1v) is 14.3. The van der Waals surface area contributed by atoms with Crippen LogP contribution in [0.15, 0.2) is 30.9 Å². The Labute approximate surface area is 233 Å². The third kappa shape index (κ3) is 4.96. The van der Waals surface area contributed by atoms with Crippen molar-refractivity contribution >= 4 is 28.0 Å². The Kier molecular flexibility index (Phi) is 7.02. The lowest BCUT2D eigenvalue weighted by molar-refractivity contribution is -0.0550. The molecule has 2 fully saturated rings. The topological polar surface area (TPSA) is 151 Å². The molecular weight excluding hydrogens is 508 g/mol. The highest BCUT2D eigenvalue weighted by atomic mass is 16.6. The monoisotopic (exact) mass is 548 g/mol. The van der Waals surface area contributed by atoms with Gasteiger partial charge >= 0.3 is 0 Å². The van der Waals surface area contributed by atoms with Gasteiger partial charge in [0.25, 0.3) is 0 Å². The fraction of sp³-hybridized carbons (Fsp3) is 0.586. The van der Waals surface area contributed by atoms with Gasteiger partial charge in [-0.15, -0.1) is 0 Å². The second kappa shape index (κ2) is 10.4. The number of nitrogens with two attached hydrogens (primary N) is 1. The number of nitrogens with zero attached hydrogens (tertiary/aromatic N) is 6. The van der Waals surface area contributed by atoms with Gasteiger partial charge in [0.1, 0.15) is 36.0 Å². The van der Waals surface area contributed by atoms with E-state index in [1.54, 1.807) is 4.57 Å². The molecule has 11 heteroatoms. The molecule has 1 aromatic carbocycles. The number of anilines is 1. The number of aromatic nitrogens is 6. The lowest BCUT2D eigenvalue weighted by Gasteiger charge is -2.43. The summed E-state index contributed by atoms with van der Waals surface area (Å²) < 4.78 is 7.81. The first kappa shape index (κ1) is 27.1. The third-order valence-corrected chi connectivity index (χ3v) is 8.73. The summed E-state index contributed by atoms with van der Waals surface area (Å²) in [6.45, 7) is 10.2. The quantitative estimate of drug-likeness (QED) is 0.260. The zero-order chi connectivity index (χ0) is 28.2. The molecule has 0 radical (unpaired) electrons. The Morgan fingerprint density at radius 2 is 1.95 bits per heavy atom. The van der Waals surface area contributed by atoms with Crippen LogP contribution in [0.5, 0.6) is 0 Å². The van der Waals surface area contributed by atoms with Gasteiger partial charge in [0.05, 0.1) is 17.4 Å². The molecule has 0 bridgehead atoms. The molecule has 5 N–H and O–H groups in total. The van der Waals surface area contributed by atoms with Crippen molar-refractivity contribution in [3.05, 3.63) is 42.2 Å². The molecule has 4 heterocycles. The van der Waals surface area contributed by atoms with E-state index in [4.69, 9.17) is 15.5 Å². The van der Waals surface area contributed by atoms with Crippen LogP contribution in [0.1, 0.15) is 64.6 Å². The number of nitrogen functional groups attached to an aromatic ring is 1. The highest BCUT2D eigenvalue weighted by Gasteiger charge is 2.46. The molecule has 11 nitrogen and oxygen atoms in total. The number of rotatable bonds is 8. The summed E-state index contributed by atoms with van der Waals surface area (Å²) in [6.07, 6.45) is 3.70. The van der Waals surface area contributed by atoms with E-state index in [-0.39, 0.29) is 11.2 Å². The van der Waals surface area contributed by atoms with Crippen LogP contribution in [-0.2, 0) is 16.6 Å². The maximum Gasteiger partial charge on any atom is 0.167 e. The Balaban J connectivity index is 1.03. The van der Waals surface area contributed by atoms with Gasteiger partial charge in [-0.1, -0.05) is 33.8 Å². The van der Waals surface area contributed by atoms with Crippen molar-refractivity contribution in [3.63, 3.8) is 0 Å². The fourth-order valence-electron chi connectivity index (χ4n) is 6.15. The summed E-state index contributed by atoms with van der Waals surface area (Å²) in [7, 11) is 0. The van der Waals surface area contributed by atoms with E-state index in [1.165, 1.54) is 18.2 Å². The molecule has 2 aliphatic rings. The number of hydrogen-bond donors (Lipinski definition) is 4. The minimum absolute atomic E-state index is 0.106. The largest absolute Gasteiger partial charge is 0.387 e. The summed E-state index contributed by atoms with van der Waals surface area (Å²) in [5.41, 5.74) is 10.4. The fourth-order valence-corrected chi connectivity index (χ4v) is 6.15. The Morgan fingerprint density at radius 3 is 2.70 bits per heavy atom. The molecule has 4 aromatic rings. The standard InChI is InChI=1S/C29H40N8O3/c1-5-36(13-21-24(38)25(39)28(40-21)37-15-33-23-26(30)31-14-32-27(23)37)18-10-16(11-18)6-9-22-34-19-8-7-17(29(2,3)4)12-20(19)35-22/h7-8,12,14-16,18,21,24-25,28,38-39H,5-6,9-11,13H2,1-4H3,(H,34,35)(H2,30,31,32)/t16-,18-,21-,24+,25+,28-/m1/s1. The van der Waals surface area contributed by atoms with Crippen LogP contribution in [0.25, 0.3) is 22.2 Å². The normalized spacial score (nSPS) is 27.2. The number of fused-ring (bicyclic) bond motifs is 2. The summed E-state index contributed by atoms with van der Waals surface area (Å²) in [5.74, 6) is 1.96. The van der Waals surface area contributed by atoms with Gasteiger partial charge in [-0.3, -0.25) is 9.47 Å². The average Bonchev–Trinajstić information content (AvgIpc) is 3.58. The highest BCUT2D eigenvalue weighted by Crippen LogP contribution is 2.37. The molecule has 1 saturated carbocycles. The Morgan fingerprint density at radius 1 is 1.15 bits per heavy atom. The number of imidazole rings is 2. The predicted octanol–water partition coefficient (Wildman–Crippen LogP) is 2.93. The molecule has 0 unspecified atom stereocenters.